The molecule has 1 aliphatic rings. The molecule has 3 aromatic rings. The lowest BCUT2D eigenvalue weighted by atomic mass is 9.96. The van der Waals surface area contributed by atoms with Crippen molar-refractivity contribution in [3.63, 3.8) is 0 Å². The lowest BCUT2D eigenvalue weighted by Crippen LogP contribution is -2.50. The van der Waals surface area contributed by atoms with Gasteiger partial charge in [-0.25, -0.2) is 28.0 Å². The fourth-order valence-electron chi connectivity index (χ4n) is 3.86. The lowest BCUT2D eigenvalue weighted by molar-refractivity contribution is -0.219. The summed E-state index contributed by atoms with van der Waals surface area (Å²) in [5.41, 5.74) is -2.85. The Hall–Kier alpha value is -4.00. The van der Waals surface area contributed by atoms with Crippen molar-refractivity contribution in [1.29, 1.82) is 0 Å². The first-order chi connectivity index (χ1) is 17.4. The smallest absolute Gasteiger partial charge is 0.351 e. The number of esters is 2. The summed E-state index contributed by atoms with van der Waals surface area (Å²) in [5.74, 6) is -5.56. The van der Waals surface area contributed by atoms with Gasteiger partial charge >= 0.3 is 17.6 Å². The predicted molar refractivity (Wildman–Crippen MR) is 123 cm³/mol. The highest BCUT2D eigenvalue weighted by Gasteiger charge is 2.68. The van der Waals surface area contributed by atoms with E-state index in [4.69, 9.17) is 14.2 Å². The van der Waals surface area contributed by atoms with Crippen LogP contribution in [0.1, 0.15) is 42.9 Å². The van der Waals surface area contributed by atoms with Gasteiger partial charge in [0.05, 0.1) is 11.5 Å². The summed E-state index contributed by atoms with van der Waals surface area (Å²) in [7, 11) is 0. The maximum atomic E-state index is 16.2. The molecule has 0 spiro atoms. The van der Waals surface area contributed by atoms with Crippen LogP contribution < -0.4 is 5.69 Å². The molecule has 13 heteroatoms. The minimum atomic E-state index is -3.12. The molecule has 0 radical (unpaired) electrons. The average molecular weight is 517 g/mol. The summed E-state index contributed by atoms with van der Waals surface area (Å²) in [6.45, 7) is 4.55. The fraction of sp³-hybridized carbons (Fsp3) is 0.417. The third kappa shape index (κ3) is 5.12. The van der Waals surface area contributed by atoms with Gasteiger partial charge in [0.2, 0.25) is 6.10 Å². The molecule has 4 rings (SSSR count). The predicted octanol–water partition coefficient (Wildman–Crippen LogP) is 2.48. The largest absolute Gasteiger partial charge is 0.456 e. The summed E-state index contributed by atoms with van der Waals surface area (Å²) < 4.78 is 50.0. The SMILES string of the molecule is Cc1cccc(C(=O)OC[C@@]2(F)O[C@@H](n3ccc(-n4cncn4)nc3=O)[C@](C)(F)[C@@H]2OC(=O)C(C)C)c1. The standard InChI is InChI=1S/C24H25F2N5O6/c1-14(2)18(32)36-20-23(4,25)21(30-9-8-17(29-22(30)34)31-13-27-12-28-31)37-24(20,26)11-35-19(33)16-7-5-6-15(3)10-16/h5-10,12-14,20-21H,11H2,1-4H3/t20-,21+,23+,24+/m0/s1. The summed E-state index contributed by atoms with van der Waals surface area (Å²) in [4.78, 5) is 45.2. The maximum absolute atomic E-state index is 16.2. The van der Waals surface area contributed by atoms with Crippen LogP contribution in [0.25, 0.3) is 5.82 Å². The highest BCUT2D eigenvalue weighted by Crippen LogP contribution is 2.49. The van der Waals surface area contributed by atoms with Gasteiger partial charge in [-0.3, -0.25) is 9.36 Å². The van der Waals surface area contributed by atoms with Gasteiger partial charge in [0.1, 0.15) is 12.7 Å². The van der Waals surface area contributed by atoms with E-state index in [1.54, 1.807) is 19.1 Å². The zero-order valence-electron chi connectivity index (χ0n) is 20.5. The highest BCUT2D eigenvalue weighted by atomic mass is 19.2. The monoisotopic (exact) mass is 517 g/mol. The third-order valence-corrected chi connectivity index (χ3v) is 5.78. The Labute approximate surface area is 210 Å². The number of carbonyl (C=O) groups excluding carboxylic acids is 2. The van der Waals surface area contributed by atoms with E-state index in [-0.39, 0.29) is 11.4 Å². The molecule has 0 amide bonds. The van der Waals surface area contributed by atoms with Gasteiger partial charge in [0.15, 0.2) is 24.3 Å². The van der Waals surface area contributed by atoms with Crippen LogP contribution in [0.2, 0.25) is 0 Å². The summed E-state index contributed by atoms with van der Waals surface area (Å²) in [5, 5.41) is 3.86. The van der Waals surface area contributed by atoms with Gasteiger partial charge < -0.3 is 14.2 Å². The molecule has 1 saturated heterocycles. The van der Waals surface area contributed by atoms with Crippen LogP contribution in [0.4, 0.5) is 8.78 Å². The van der Waals surface area contributed by atoms with Gasteiger partial charge in [-0.1, -0.05) is 31.5 Å². The molecule has 1 aliphatic heterocycles. The lowest BCUT2D eigenvalue weighted by Gasteiger charge is -2.29. The minimum absolute atomic E-state index is 0.0821. The van der Waals surface area contributed by atoms with Crippen molar-refractivity contribution in [3.05, 3.63) is 70.8 Å². The summed E-state index contributed by atoms with van der Waals surface area (Å²) >= 11 is 0. The first-order valence-corrected chi connectivity index (χ1v) is 11.4. The molecule has 0 N–H and O–H groups in total. The van der Waals surface area contributed by atoms with Gasteiger partial charge in [-0.15, -0.1) is 0 Å². The van der Waals surface area contributed by atoms with E-state index in [9.17, 15) is 14.4 Å². The number of alkyl halides is 2. The van der Waals surface area contributed by atoms with Gasteiger partial charge in [-0.05, 0) is 32.0 Å². The van der Waals surface area contributed by atoms with Crippen LogP contribution in [0.3, 0.4) is 0 Å². The highest BCUT2D eigenvalue weighted by molar-refractivity contribution is 5.89. The van der Waals surface area contributed by atoms with Crippen molar-refractivity contribution in [1.82, 2.24) is 24.3 Å². The van der Waals surface area contributed by atoms with E-state index < -0.39 is 54.0 Å². The number of rotatable bonds is 7. The van der Waals surface area contributed by atoms with Crippen LogP contribution >= 0.6 is 0 Å². The van der Waals surface area contributed by atoms with E-state index >= 15 is 8.78 Å². The van der Waals surface area contributed by atoms with Crippen molar-refractivity contribution >= 4 is 11.9 Å². The van der Waals surface area contributed by atoms with E-state index in [2.05, 4.69) is 15.1 Å². The van der Waals surface area contributed by atoms with E-state index in [0.717, 1.165) is 23.3 Å². The number of hydrogen-bond acceptors (Lipinski definition) is 9. The Morgan fingerprint density at radius 3 is 2.62 bits per heavy atom. The maximum Gasteiger partial charge on any atom is 0.351 e. The topological polar surface area (TPSA) is 127 Å². The molecule has 11 nitrogen and oxygen atoms in total. The Kier molecular flexibility index (Phi) is 6.91. The fourth-order valence-corrected chi connectivity index (χ4v) is 3.86. The molecule has 0 saturated carbocycles. The second kappa shape index (κ2) is 9.81. The van der Waals surface area contributed by atoms with Gasteiger partial charge in [0, 0.05) is 6.20 Å². The second-order valence-corrected chi connectivity index (χ2v) is 9.14. The zero-order valence-corrected chi connectivity index (χ0v) is 20.5. The Balaban J connectivity index is 1.65. The van der Waals surface area contributed by atoms with E-state index in [1.807, 2.05) is 0 Å². The number of aryl methyl sites for hydroxylation is 1. The molecular formula is C24H25F2N5O6. The van der Waals surface area contributed by atoms with Crippen molar-refractivity contribution in [2.75, 3.05) is 6.61 Å². The number of aromatic nitrogens is 5. The third-order valence-electron chi connectivity index (χ3n) is 5.78. The molecule has 37 heavy (non-hydrogen) atoms. The molecule has 1 aromatic carbocycles. The van der Waals surface area contributed by atoms with E-state index in [1.165, 1.54) is 49.4 Å². The number of benzene rings is 1. The summed E-state index contributed by atoms with van der Waals surface area (Å²) in [6, 6.07) is 7.70. The van der Waals surface area contributed by atoms with Crippen LogP contribution in [-0.2, 0) is 19.0 Å². The normalized spacial score (nSPS) is 25.3. The molecule has 0 unspecified atom stereocenters. The number of carbonyl (C=O) groups is 2. The van der Waals surface area contributed by atoms with Crippen molar-refractivity contribution < 1.29 is 32.6 Å². The Morgan fingerprint density at radius 2 is 2.00 bits per heavy atom. The summed E-state index contributed by atoms with van der Waals surface area (Å²) in [6.07, 6.45) is -0.416. The number of nitrogens with zero attached hydrogens (tertiary/aromatic N) is 5. The van der Waals surface area contributed by atoms with Crippen LogP contribution in [0.5, 0.6) is 0 Å². The molecule has 196 valence electrons. The van der Waals surface area contributed by atoms with Crippen molar-refractivity contribution in [2.45, 2.75) is 51.6 Å². The van der Waals surface area contributed by atoms with Crippen LogP contribution in [0, 0.1) is 12.8 Å². The first-order valence-electron chi connectivity index (χ1n) is 11.4. The quantitative estimate of drug-likeness (QED) is 0.434. The van der Waals surface area contributed by atoms with Gasteiger partial charge in [0.25, 0.3) is 5.85 Å². The number of hydrogen-bond donors (Lipinski definition) is 0. The minimum Gasteiger partial charge on any atom is -0.456 e. The zero-order chi connectivity index (χ0) is 27.0. The molecule has 0 aliphatic carbocycles. The average Bonchev–Trinajstić information content (AvgIpc) is 3.45. The Bertz CT molecular complexity index is 1360. The van der Waals surface area contributed by atoms with E-state index in [0.29, 0.717) is 0 Å². The molecule has 2 aromatic heterocycles. The molecular weight excluding hydrogens is 492 g/mol. The Morgan fingerprint density at radius 1 is 1.24 bits per heavy atom. The van der Waals surface area contributed by atoms with Crippen LogP contribution in [0.15, 0.2) is 54.0 Å². The first kappa shape index (κ1) is 26.1. The second-order valence-electron chi connectivity index (χ2n) is 9.14. The van der Waals surface area contributed by atoms with Crippen LogP contribution in [-0.4, -0.2) is 60.5 Å². The molecule has 1 fully saturated rings. The van der Waals surface area contributed by atoms with Crippen molar-refractivity contribution in [2.24, 2.45) is 5.92 Å². The molecule has 4 atom stereocenters. The molecule has 3 heterocycles. The van der Waals surface area contributed by atoms with Gasteiger partial charge in [-0.2, -0.15) is 10.1 Å². The molecule has 0 bridgehead atoms. The number of ether oxygens (including phenoxy) is 3. The van der Waals surface area contributed by atoms with Crippen molar-refractivity contribution in [3.8, 4) is 5.82 Å². The number of halogens is 2.